The molecule has 0 aliphatic heterocycles. The molecule has 0 aliphatic rings. The normalized spacial score (nSPS) is 14.0. The summed E-state index contributed by atoms with van der Waals surface area (Å²) in [7, 11) is 0. The highest BCUT2D eigenvalue weighted by Gasteiger charge is 2.28. The molecule has 2 aromatic rings. The summed E-state index contributed by atoms with van der Waals surface area (Å²) in [6.45, 7) is 3.69. The summed E-state index contributed by atoms with van der Waals surface area (Å²) < 4.78 is 73.1. The zero-order valence-corrected chi connectivity index (χ0v) is 21.6. The zero-order valence-electron chi connectivity index (χ0n) is 21.6. The third-order valence-corrected chi connectivity index (χ3v) is 5.82. The molecule has 7 N–H and O–H groups in total. The van der Waals surface area contributed by atoms with Gasteiger partial charge in [0.1, 0.15) is 6.10 Å². The third-order valence-electron chi connectivity index (χ3n) is 5.82. The van der Waals surface area contributed by atoms with Gasteiger partial charge < -0.3 is 31.9 Å². The number of hydrogen-bond donors (Lipinski definition) is 5. The number of aliphatic hydroxyl groups is 1. The van der Waals surface area contributed by atoms with Crippen LogP contribution in [0.25, 0.3) is 0 Å². The van der Waals surface area contributed by atoms with Crippen LogP contribution in [0.1, 0.15) is 31.4 Å². The van der Waals surface area contributed by atoms with Crippen LogP contribution in [-0.4, -0.2) is 54.8 Å². The predicted octanol–water partition coefficient (Wildman–Crippen LogP) is 1.81. The van der Waals surface area contributed by atoms with Gasteiger partial charge in [0.05, 0.1) is 19.3 Å². The fraction of sp³-hybridized carbons (Fsp3) is 0.462. The van der Waals surface area contributed by atoms with E-state index in [0.29, 0.717) is 0 Å². The lowest BCUT2D eigenvalue weighted by atomic mass is 9.93. The maximum Gasteiger partial charge on any atom is 0.250 e. The van der Waals surface area contributed by atoms with Crippen LogP contribution in [0.5, 0.6) is 0 Å². The number of amides is 2. The summed E-state index contributed by atoms with van der Waals surface area (Å²) in [5, 5.41) is 15.3. The minimum atomic E-state index is -2.28. The summed E-state index contributed by atoms with van der Waals surface area (Å²) in [4.78, 5) is 24.5. The van der Waals surface area contributed by atoms with Crippen molar-refractivity contribution in [2.75, 3.05) is 19.7 Å². The molecule has 0 aromatic heterocycles. The van der Waals surface area contributed by atoms with Crippen molar-refractivity contribution in [3.05, 3.63) is 70.5 Å². The van der Waals surface area contributed by atoms with E-state index >= 15 is 0 Å². The van der Waals surface area contributed by atoms with Crippen molar-refractivity contribution in [3.8, 4) is 0 Å². The van der Waals surface area contributed by atoms with Gasteiger partial charge in [-0.25, -0.2) is 22.0 Å². The maximum atomic E-state index is 13.8. The molecule has 13 heteroatoms. The average molecular weight is 561 g/mol. The Balaban J connectivity index is 1.76. The average Bonchev–Trinajstić information content (AvgIpc) is 2.91. The molecule has 3 unspecified atom stereocenters. The van der Waals surface area contributed by atoms with Crippen molar-refractivity contribution in [2.24, 2.45) is 16.9 Å². The number of carbonyl (C=O) groups is 2. The Morgan fingerprint density at radius 3 is 2.05 bits per heavy atom. The molecular weight excluding hydrogens is 527 g/mol. The zero-order chi connectivity index (χ0) is 29.3. The van der Waals surface area contributed by atoms with Gasteiger partial charge in [-0.2, -0.15) is 0 Å². The number of rotatable bonds is 14. The second-order valence-electron chi connectivity index (χ2n) is 9.98. The lowest BCUT2D eigenvalue weighted by molar-refractivity contribution is -0.131. The van der Waals surface area contributed by atoms with Gasteiger partial charge in [0.15, 0.2) is 23.3 Å². The van der Waals surface area contributed by atoms with E-state index in [9.17, 15) is 36.6 Å². The van der Waals surface area contributed by atoms with Crippen molar-refractivity contribution >= 4 is 11.8 Å². The topological polar surface area (TPSA) is 140 Å². The molecule has 0 heterocycles. The number of nitrogens with one attached hydrogen (secondary N) is 2. The van der Waals surface area contributed by atoms with Crippen molar-refractivity contribution in [3.63, 3.8) is 0 Å². The minimum Gasteiger partial charge on any atom is -0.382 e. The SMILES string of the molecule is CC(C)(CNC(=O)CC(N)Cc1c(F)c(F)c(F)c(F)c1F)CNC(=O)C(O)C(N)COCc1ccccc1. The van der Waals surface area contributed by atoms with E-state index in [1.54, 1.807) is 13.8 Å². The third kappa shape index (κ3) is 9.53. The molecule has 0 saturated carbocycles. The fourth-order valence-electron chi connectivity index (χ4n) is 3.48. The summed E-state index contributed by atoms with van der Waals surface area (Å²) in [6.07, 6.45) is -2.75. The molecule has 216 valence electrons. The summed E-state index contributed by atoms with van der Waals surface area (Å²) in [6, 6.07) is 7.06. The number of carbonyl (C=O) groups excluding carboxylic acids is 2. The van der Waals surface area contributed by atoms with E-state index in [0.717, 1.165) is 5.56 Å². The Morgan fingerprint density at radius 2 is 1.46 bits per heavy atom. The van der Waals surface area contributed by atoms with Crippen LogP contribution in [0, 0.1) is 34.5 Å². The Bertz CT molecular complexity index is 1110. The van der Waals surface area contributed by atoms with Crippen LogP contribution in [-0.2, 0) is 27.4 Å². The molecular formula is C26H33F5N4O4. The van der Waals surface area contributed by atoms with Crippen molar-refractivity contribution < 1.29 is 41.4 Å². The molecule has 0 aliphatic carbocycles. The highest BCUT2D eigenvalue weighted by Crippen LogP contribution is 2.24. The largest absolute Gasteiger partial charge is 0.382 e. The van der Waals surface area contributed by atoms with Crippen LogP contribution in [0.15, 0.2) is 30.3 Å². The van der Waals surface area contributed by atoms with Gasteiger partial charge in [-0.1, -0.05) is 44.2 Å². The molecule has 0 spiro atoms. The maximum absolute atomic E-state index is 13.8. The molecule has 2 aromatic carbocycles. The van der Waals surface area contributed by atoms with Gasteiger partial charge in [-0.3, -0.25) is 9.59 Å². The van der Waals surface area contributed by atoms with Crippen LogP contribution in [0.4, 0.5) is 22.0 Å². The number of halogens is 5. The quantitative estimate of drug-likeness (QED) is 0.136. The van der Waals surface area contributed by atoms with E-state index in [4.69, 9.17) is 16.2 Å². The molecule has 2 rings (SSSR count). The number of ether oxygens (including phenoxy) is 1. The predicted molar refractivity (Wildman–Crippen MR) is 132 cm³/mol. The van der Waals surface area contributed by atoms with E-state index in [2.05, 4.69) is 10.6 Å². The first-order chi connectivity index (χ1) is 18.2. The summed E-state index contributed by atoms with van der Waals surface area (Å²) in [5.41, 5.74) is 10.7. The van der Waals surface area contributed by atoms with Gasteiger partial charge in [0, 0.05) is 31.1 Å². The summed E-state index contributed by atoms with van der Waals surface area (Å²) >= 11 is 0. The summed E-state index contributed by atoms with van der Waals surface area (Å²) in [5.74, 6) is -11.8. The Kier molecular flexibility index (Phi) is 11.8. The van der Waals surface area contributed by atoms with Crippen molar-refractivity contribution in [2.45, 2.75) is 51.5 Å². The number of aliphatic hydroxyl groups excluding tert-OH is 1. The standard InChI is InChI=1S/C26H33F5N4O4/c1-26(2,13-35-25(38)24(37)17(33)11-39-10-14-6-4-3-5-7-14)12-34-18(36)9-15(32)8-16-19(27)21(29)23(31)22(30)20(16)28/h3-7,15,17,24,37H,8-13,32-33H2,1-2H3,(H,34,36)(H,35,38). The lowest BCUT2D eigenvalue weighted by Gasteiger charge is -2.27. The molecule has 8 nitrogen and oxygen atoms in total. The molecule has 0 bridgehead atoms. The molecule has 0 radical (unpaired) electrons. The number of nitrogens with two attached hydrogens (primary N) is 2. The Labute approximate surface area is 222 Å². The molecule has 3 atom stereocenters. The second-order valence-corrected chi connectivity index (χ2v) is 9.98. The van der Waals surface area contributed by atoms with Gasteiger partial charge in [-0.15, -0.1) is 0 Å². The van der Waals surface area contributed by atoms with Crippen molar-refractivity contribution in [1.29, 1.82) is 0 Å². The van der Waals surface area contributed by atoms with Crippen LogP contribution in [0.3, 0.4) is 0 Å². The molecule has 0 saturated heterocycles. The Morgan fingerprint density at radius 1 is 0.923 bits per heavy atom. The smallest absolute Gasteiger partial charge is 0.250 e. The van der Waals surface area contributed by atoms with Crippen molar-refractivity contribution in [1.82, 2.24) is 10.6 Å². The van der Waals surface area contributed by atoms with Gasteiger partial charge in [0.2, 0.25) is 11.7 Å². The first kappa shape index (κ1) is 32.1. The number of hydrogen-bond acceptors (Lipinski definition) is 6. The fourth-order valence-corrected chi connectivity index (χ4v) is 3.48. The molecule has 2 amide bonds. The van der Waals surface area contributed by atoms with Gasteiger partial charge in [0.25, 0.3) is 5.91 Å². The Hall–Kier alpha value is -3.13. The van der Waals surface area contributed by atoms with Gasteiger partial charge in [-0.05, 0) is 17.4 Å². The van der Waals surface area contributed by atoms with E-state index in [1.807, 2.05) is 30.3 Å². The van der Waals surface area contributed by atoms with Crippen LogP contribution >= 0.6 is 0 Å². The number of benzene rings is 2. The van der Waals surface area contributed by atoms with Gasteiger partial charge >= 0.3 is 0 Å². The van der Waals surface area contributed by atoms with Crippen LogP contribution in [0.2, 0.25) is 0 Å². The van der Waals surface area contributed by atoms with E-state index < -0.39 is 82.9 Å². The lowest BCUT2D eigenvalue weighted by Crippen LogP contribution is -2.51. The van der Waals surface area contributed by atoms with E-state index in [1.165, 1.54) is 0 Å². The highest BCUT2D eigenvalue weighted by molar-refractivity contribution is 5.81. The minimum absolute atomic E-state index is 0.0314. The molecule has 39 heavy (non-hydrogen) atoms. The first-order valence-electron chi connectivity index (χ1n) is 12.1. The molecule has 0 fully saturated rings. The highest BCUT2D eigenvalue weighted by atomic mass is 19.2. The van der Waals surface area contributed by atoms with E-state index in [-0.39, 0.29) is 26.3 Å². The first-order valence-corrected chi connectivity index (χ1v) is 12.1. The monoisotopic (exact) mass is 560 g/mol. The van der Waals surface area contributed by atoms with Crippen LogP contribution < -0.4 is 22.1 Å². The second kappa shape index (κ2) is 14.3.